The van der Waals surface area contributed by atoms with E-state index in [1.54, 1.807) is 0 Å². The minimum atomic E-state index is -1.25. The van der Waals surface area contributed by atoms with Crippen LogP contribution in [0.25, 0.3) is 0 Å². The van der Waals surface area contributed by atoms with Gasteiger partial charge >= 0.3 is 0 Å². The highest BCUT2D eigenvalue weighted by molar-refractivity contribution is 6.32. The lowest BCUT2D eigenvalue weighted by atomic mass is 10.2. The van der Waals surface area contributed by atoms with Gasteiger partial charge in [-0.1, -0.05) is 11.6 Å². The summed E-state index contributed by atoms with van der Waals surface area (Å²) < 4.78 is 30.2. The van der Waals surface area contributed by atoms with Crippen molar-refractivity contribution in [2.75, 3.05) is 7.11 Å². The van der Waals surface area contributed by atoms with Gasteiger partial charge in [0.25, 0.3) is 0 Å². The van der Waals surface area contributed by atoms with E-state index in [2.05, 4.69) is 4.74 Å². The van der Waals surface area contributed by atoms with Crippen molar-refractivity contribution >= 4 is 11.6 Å². The second kappa shape index (κ2) is 3.58. The van der Waals surface area contributed by atoms with Gasteiger partial charge in [-0.05, 0) is 6.07 Å². The van der Waals surface area contributed by atoms with Gasteiger partial charge in [0.05, 0.1) is 12.1 Å². The van der Waals surface area contributed by atoms with Crippen LogP contribution < -0.4 is 4.74 Å². The van der Waals surface area contributed by atoms with E-state index >= 15 is 0 Å². The molecule has 0 aliphatic rings. The zero-order chi connectivity index (χ0) is 10.0. The minimum absolute atomic E-state index is 0.127. The van der Waals surface area contributed by atoms with Crippen LogP contribution in [-0.4, -0.2) is 7.11 Å². The lowest BCUT2D eigenvalue weighted by Gasteiger charge is -2.05. The molecule has 0 N–H and O–H groups in total. The second-order valence-electron chi connectivity index (χ2n) is 2.17. The van der Waals surface area contributed by atoms with E-state index in [9.17, 15) is 8.78 Å². The molecule has 0 saturated heterocycles. The topological polar surface area (TPSA) is 33.0 Å². The first kappa shape index (κ1) is 9.75. The molecule has 0 spiro atoms. The van der Waals surface area contributed by atoms with E-state index in [1.807, 2.05) is 0 Å². The summed E-state index contributed by atoms with van der Waals surface area (Å²) in [5.41, 5.74) is -0.521. The third-order valence-corrected chi connectivity index (χ3v) is 1.72. The highest BCUT2D eigenvalue weighted by Crippen LogP contribution is 2.31. The van der Waals surface area contributed by atoms with Gasteiger partial charge < -0.3 is 4.74 Å². The van der Waals surface area contributed by atoms with E-state index in [1.165, 1.54) is 13.2 Å². The molecule has 0 amide bonds. The molecule has 0 fully saturated rings. The number of hydrogen-bond donors (Lipinski definition) is 0. The smallest absolute Gasteiger partial charge is 0.180 e. The van der Waals surface area contributed by atoms with Gasteiger partial charge in [-0.2, -0.15) is 5.26 Å². The first-order valence-electron chi connectivity index (χ1n) is 3.23. The Morgan fingerprint density at radius 3 is 2.62 bits per heavy atom. The molecule has 13 heavy (non-hydrogen) atoms. The average molecular weight is 204 g/mol. The molecule has 0 radical (unpaired) electrons. The van der Waals surface area contributed by atoms with Crippen LogP contribution >= 0.6 is 11.6 Å². The Morgan fingerprint density at radius 2 is 2.15 bits per heavy atom. The number of nitriles is 1. The van der Waals surface area contributed by atoms with E-state index in [0.29, 0.717) is 0 Å². The predicted octanol–water partition coefficient (Wildman–Crippen LogP) is 2.50. The molecular formula is C8H4ClF2NO. The highest BCUT2D eigenvalue weighted by atomic mass is 35.5. The molecule has 2 nitrogen and oxygen atoms in total. The van der Waals surface area contributed by atoms with Crippen LogP contribution in [0.2, 0.25) is 5.02 Å². The molecule has 1 aromatic carbocycles. The Morgan fingerprint density at radius 1 is 1.54 bits per heavy atom. The Bertz CT molecular complexity index is 387. The molecule has 0 aliphatic heterocycles. The van der Waals surface area contributed by atoms with Crippen LogP contribution in [0.4, 0.5) is 8.78 Å². The van der Waals surface area contributed by atoms with E-state index in [-0.39, 0.29) is 10.8 Å². The lowest BCUT2D eigenvalue weighted by molar-refractivity contribution is 0.404. The number of nitrogens with zero attached hydrogens (tertiary/aromatic N) is 1. The number of ether oxygens (including phenoxy) is 1. The van der Waals surface area contributed by atoms with Crippen molar-refractivity contribution in [3.63, 3.8) is 0 Å². The molecule has 1 aromatic rings. The second-order valence-corrected chi connectivity index (χ2v) is 2.58. The molecule has 0 atom stereocenters. The Kier molecular flexibility index (Phi) is 2.69. The van der Waals surface area contributed by atoms with Crippen molar-refractivity contribution in [2.45, 2.75) is 0 Å². The van der Waals surface area contributed by atoms with Crippen LogP contribution in [0.1, 0.15) is 5.56 Å². The third kappa shape index (κ3) is 1.56. The van der Waals surface area contributed by atoms with Crippen molar-refractivity contribution < 1.29 is 13.5 Å². The summed E-state index contributed by atoms with van der Waals surface area (Å²) in [7, 11) is 1.22. The predicted molar refractivity (Wildman–Crippen MR) is 42.6 cm³/mol. The Balaban J connectivity index is 3.53. The van der Waals surface area contributed by atoms with Crippen molar-refractivity contribution in [3.05, 3.63) is 28.3 Å². The van der Waals surface area contributed by atoms with Crippen LogP contribution in [0, 0.1) is 23.0 Å². The standard InChI is InChI=1S/C8H4ClF2NO/c1-13-8-4(3-12)7(11)6(10)2-5(8)9/h2H,1H3. The van der Waals surface area contributed by atoms with Crippen molar-refractivity contribution in [2.24, 2.45) is 0 Å². The molecule has 0 saturated carbocycles. The van der Waals surface area contributed by atoms with E-state index < -0.39 is 17.2 Å². The van der Waals surface area contributed by atoms with E-state index in [4.69, 9.17) is 16.9 Å². The van der Waals surface area contributed by atoms with Crippen LogP contribution in [0.15, 0.2) is 6.07 Å². The van der Waals surface area contributed by atoms with Crippen molar-refractivity contribution in [1.29, 1.82) is 5.26 Å². The SMILES string of the molecule is COc1c(Cl)cc(F)c(F)c1C#N. The summed E-state index contributed by atoms with van der Waals surface area (Å²) in [6.45, 7) is 0. The molecule has 0 aromatic heterocycles. The zero-order valence-electron chi connectivity index (χ0n) is 6.57. The maximum Gasteiger partial charge on any atom is 0.180 e. The van der Waals surface area contributed by atoms with Gasteiger partial charge in [-0.15, -0.1) is 0 Å². The largest absolute Gasteiger partial charge is 0.494 e. The summed E-state index contributed by atoms with van der Waals surface area (Å²) in [5, 5.41) is 8.36. The van der Waals surface area contributed by atoms with Gasteiger partial charge in [0, 0.05) is 0 Å². The summed E-state index contributed by atoms with van der Waals surface area (Å²) >= 11 is 5.50. The minimum Gasteiger partial charge on any atom is -0.494 e. The number of rotatable bonds is 1. The molecule has 1 rings (SSSR count). The summed E-state index contributed by atoms with van der Waals surface area (Å²) in [6.07, 6.45) is 0. The number of benzene rings is 1. The van der Waals surface area contributed by atoms with E-state index in [0.717, 1.165) is 6.07 Å². The summed E-state index contributed by atoms with van der Waals surface area (Å²) in [5.74, 6) is -2.56. The monoisotopic (exact) mass is 203 g/mol. The summed E-state index contributed by atoms with van der Waals surface area (Å²) in [4.78, 5) is 0. The first-order valence-corrected chi connectivity index (χ1v) is 3.61. The fourth-order valence-corrected chi connectivity index (χ4v) is 1.15. The zero-order valence-corrected chi connectivity index (χ0v) is 7.32. The van der Waals surface area contributed by atoms with Gasteiger partial charge in [-0.3, -0.25) is 0 Å². The molecule has 68 valence electrons. The molecule has 0 heterocycles. The maximum atomic E-state index is 12.9. The van der Waals surface area contributed by atoms with Crippen molar-refractivity contribution in [3.8, 4) is 11.8 Å². The molecule has 0 unspecified atom stereocenters. The fourth-order valence-electron chi connectivity index (χ4n) is 0.878. The fraction of sp³-hybridized carbons (Fsp3) is 0.125. The first-order chi connectivity index (χ1) is 6.11. The van der Waals surface area contributed by atoms with Gasteiger partial charge in [0.15, 0.2) is 17.4 Å². The molecular weight excluding hydrogens is 200 g/mol. The number of hydrogen-bond acceptors (Lipinski definition) is 2. The average Bonchev–Trinajstić information content (AvgIpc) is 2.10. The number of halogens is 3. The molecule has 0 bridgehead atoms. The maximum absolute atomic E-state index is 12.9. The van der Waals surface area contributed by atoms with Crippen LogP contribution in [0.5, 0.6) is 5.75 Å². The number of methoxy groups -OCH3 is 1. The molecule has 0 aliphatic carbocycles. The van der Waals surface area contributed by atoms with Gasteiger partial charge in [-0.25, -0.2) is 8.78 Å². The Hall–Kier alpha value is -1.34. The molecule has 5 heteroatoms. The highest BCUT2D eigenvalue weighted by Gasteiger charge is 2.17. The third-order valence-electron chi connectivity index (χ3n) is 1.44. The quantitative estimate of drug-likeness (QED) is 0.657. The Labute approximate surface area is 78.3 Å². The normalized spacial score (nSPS) is 9.46. The van der Waals surface area contributed by atoms with Crippen molar-refractivity contribution in [1.82, 2.24) is 0 Å². The van der Waals surface area contributed by atoms with Gasteiger partial charge in [0.1, 0.15) is 11.6 Å². The lowest BCUT2D eigenvalue weighted by Crippen LogP contribution is -1.96. The van der Waals surface area contributed by atoms with Crippen LogP contribution in [0.3, 0.4) is 0 Å². The van der Waals surface area contributed by atoms with Crippen LogP contribution in [-0.2, 0) is 0 Å². The summed E-state index contributed by atoms with van der Waals surface area (Å²) in [6, 6.07) is 2.23. The van der Waals surface area contributed by atoms with Gasteiger partial charge in [0.2, 0.25) is 0 Å².